The predicted octanol–water partition coefficient (Wildman–Crippen LogP) is 2.19. The van der Waals surface area contributed by atoms with Crippen molar-refractivity contribution in [1.82, 2.24) is 4.90 Å². The smallest absolute Gasteiger partial charge is 0.0224 e. The Morgan fingerprint density at radius 2 is 2.13 bits per heavy atom. The Morgan fingerprint density at radius 1 is 1.47 bits per heavy atom. The number of nitrogens with two attached hydrogens (primary N) is 1. The highest BCUT2D eigenvalue weighted by atomic mass is 32.2. The van der Waals surface area contributed by atoms with Crippen LogP contribution in [0.25, 0.3) is 0 Å². The number of thioether (sulfide) groups is 1. The molecule has 90 valence electrons. The van der Waals surface area contributed by atoms with Gasteiger partial charge in [-0.2, -0.15) is 11.8 Å². The van der Waals surface area contributed by atoms with E-state index in [0.29, 0.717) is 11.5 Å². The lowest BCUT2D eigenvalue weighted by Gasteiger charge is -2.39. The minimum atomic E-state index is 0.387. The largest absolute Gasteiger partial charge is 0.329 e. The van der Waals surface area contributed by atoms with Crippen LogP contribution in [-0.2, 0) is 0 Å². The number of rotatable bonds is 3. The molecule has 0 bridgehead atoms. The van der Waals surface area contributed by atoms with Gasteiger partial charge in [-0.05, 0) is 11.8 Å². The molecule has 1 rings (SSSR count). The minimum absolute atomic E-state index is 0.387. The maximum absolute atomic E-state index is 5.91. The molecule has 0 aromatic heterocycles. The summed E-state index contributed by atoms with van der Waals surface area (Å²) in [5.74, 6) is 1.27. The van der Waals surface area contributed by atoms with Crippen LogP contribution in [0.5, 0.6) is 0 Å². The maximum atomic E-state index is 5.91. The second-order valence-corrected chi connectivity index (χ2v) is 7.38. The minimum Gasteiger partial charge on any atom is -0.329 e. The van der Waals surface area contributed by atoms with Crippen molar-refractivity contribution in [2.75, 3.05) is 25.4 Å². The van der Waals surface area contributed by atoms with Gasteiger partial charge in [-0.3, -0.25) is 4.90 Å². The quantitative estimate of drug-likeness (QED) is 0.806. The van der Waals surface area contributed by atoms with Gasteiger partial charge in [0.05, 0.1) is 0 Å². The molecule has 3 heteroatoms. The van der Waals surface area contributed by atoms with Gasteiger partial charge in [-0.15, -0.1) is 0 Å². The molecule has 0 aliphatic carbocycles. The lowest BCUT2D eigenvalue weighted by atomic mass is 9.87. The van der Waals surface area contributed by atoms with Gasteiger partial charge < -0.3 is 5.73 Å². The Bertz CT molecular complexity index is 189. The van der Waals surface area contributed by atoms with Crippen LogP contribution < -0.4 is 5.73 Å². The Morgan fingerprint density at radius 3 is 2.60 bits per heavy atom. The van der Waals surface area contributed by atoms with Gasteiger partial charge in [0.1, 0.15) is 0 Å². The first kappa shape index (κ1) is 13.3. The van der Waals surface area contributed by atoms with Crippen molar-refractivity contribution in [3.63, 3.8) is 0 Å². The zero-order chi connectivity index (χ0) is 11.5. The molecule has 0 amide bonds. The van der Waals surface area contributed by atoms with Gasteiger partial charge in [0.15, 0.2) is 0 Å². The van der Waals surface area contributed by atoms with E-state index >= 15 is 0 Å². The molecule has 1 aliphatic heterocycles. The molecule has 2 N–H and O–H groups in total. The lowest BCUT2D eigenvalue weighted by Crippen LogP contribution is -2.48. The fourth-order valence-corrected chi connectivity index (χ4v) is 3.28. The molecule has 0 aromatic rings. The Hall–Kier alpha value is 0.270. The van der Waals surface area contributed by atoms with Crippen LogP contribution in [0.3, 0.4) is 0 Å². The summed E-state index contributed by atoms with van der Waals surface area (Å²) >= 11 is 2.09. The van der Waals surface area contributed by atoms with Crippen LogP contribution in [0.2, 0.25) is 0 Å². The molecule has 0 saturated carbocycles. The third kappa shape index (κ3) is 4.75. The van der Waals surface area contributed by atoms with Crippen molar-refractivity contribution in [2.45, 2.75) is 45.4 Å². The van der Waals surface area contributed by atoms with Gasteiger partial charge in [0.25, 0.3) is 0 Å². The Labute approximate surface area is 99.0 Å². The van der Waals surface area contributed by atoms with Crippen molar-refractivity contribution >= 4 is 11.8 Å². The summed E-state index contributed by atoms with van der Waals surface area (Å²) in [5, 5.41) is 0.771. The summed E-state index contributed by atoms with van der Waals surface area (Å²) in [4.78, 5) is 2.59. The SMILES string of the molecule is CC1CN(C(CN)CC(C)(C)C)CCS1. The van der Waals surface area contributed by atoms with Gasteiger partial charge in [-0.1, -0.05) is 27.7 Å². The van der Waals surface area contributed by atoms with Crippen LogP contribution >= 0.6 is 11.8 Å². The molecule has 1 aliphatic rings. The molecule has 1 fully saturated rings. The third-order valence-corrected chi connectivity index (χ3v) is 4.05. The van der Waals surface area contributed by atoms with Gasteiger partial charge >= 0.3 is 0 Å². The highest BCUT2D eigenvalue weighted by Gasteiger charge is 2.26. The van der Waals surface area contributed by atoms with Crippen LogP contribution in [-0.4, -0.2) is 41.6 Å². The monoisotopic (exact) mass is 230 g/mol. The van der Waals surface area contributed by atoms with Crippen molar-refractivity contribution in [3.05, 3.63) is 0 Å². The highest BCUT2D eigenvalue weighted by molar-refractivity contribution is 7.99. The van der Waals surface area contributed by atoms with Gasteiger partial charge in [0, 0.05) is 36.7 Å². The van der Waals surface area contributed by atoms with E-state index in [9.17, 15) is 0 Å². The van der Waals surface area contributed by atoms with Crippen molar-refractivity contribution < 1.29 is 0 Å². The van der Waals surface area contributed by atoms with Crippen LogP contribution in [0.4, 0.5) is 0 Å². The van der Waals surface area contributed by atoms with E-state index in [1.807, 2.05) is 0 Å². The first-order valence-electron chi connectivity index (χ1n) is 5.98. The average molecular weight is 230 g/mol. The summed E-state index contributed by atoms with van der Waals surface area (Å²) in [7, 11) is 0. The summed E-state index contributed by atoms with van der Waals surface area (Å²) in [6.07, 6.45) is 1.21. The van der Waals surface area contributed by atoms with E-state index in [4.69, 9.17) is 5.73 Å². The van der Waals surface area contributed by atoms with Gasteiger partial charge in [-0.25, -0.2) is 0 Å². The van der Waals surface area contributed by atoms with Crippen LogP contribution in [0.1, 0.15) is 34.1 Å². The summed E-state index contributed by atoms with van der Waals surface area (Å²) in [6, 6.07) is 0.577. The van der Waals surface area contributed by atoms with E-state index in [2.05, 4.69) is 44.4 Å². The molecular formula is C12H26N2S. The molecule has 1 saturated heterocycles. The third-order valence-electron chi connectivity index (χ3n) is 2.91. The second-order valence-electron chi connectivity index (χ2n) is 5.83. The zero-order valence-electron chi connectivity index (χ0n) is 10.6. The van der Waals surface area contributed by atoms with Crippen LogP contribution in [0, 0.1) is 5.41 Å². The molecule has 2 atom stereocenters. The summed E-state index contributed by atoms with van der Waals surface area (Å²) in [5.41, 5.74) is 6.29. The predicted molar refractivity (Wildman–Crippen MR) is 70.4 cm³/mol. The zero-order valence-corrected chi connectivity index (χ0v) is 11.4. The van der Waals surface area contributed by atoms with Crippen molar-refractivity contribution in [2.24, 2.45) is 11.1 Å². The first-order valence-corrected chi connectivity index (χ1v) is 7.03. The molecule has 15 heavy (non-hydrogen) atoms. The van der Waals surface area contributed by atoms with E-state index in [-0.39, 0.29) is 0 Å². The van der Waals surface area contributed by atoms with E-state index < -0.39 is 0 Å². The Balaban J connectivity index is 2.50. The topological polar surface area (TPSA) is 29.3 Å². The molecule has 0 aromatic carbocycles. The van der Waals surface area contributed by atoms with Crippen LogP contribution in [0.15, 0.2) is 0 Å². The highest BCUT2D eigenvalue weighted by Crippen LogP contribution is 2.26. The fourth-order valence-electron chi connectivity index (χ4n) is 2.25. The van der Waals surface area contributed by atoms with Crippen molar-refractivity contribution in [1.29, 1.82) is 0 Å². The summed E-state index contributed by atoms with van der Waals surface area (Å²) in [6.45, 7) is 12.5. The fraction of sp³-hybridized carbons (Fsp3) is 1.00. The molecular weight excluding hydrogens is 204 g/mol. The normalized spacial score (nSPS) is 26.6. The molecule has 2 unspecified atom stereocenters. The van der Waals surface area contributed by atoms with E-state index in [1.165, 1.54) is 25.3 Å². The average Bonchev–Trinajstić information content (AvgIpc) is 2.13. The van der Waals surface area contributed by atoms with E-state index in [0.717, 1.165) is 11.8 Å². The number of nitrogens with zero attached hydrogens (tertiary/aromatic N) is 1. The maximum Gasteiger partial charge on any atom is 0.0224 e. The molecule has 1 heterocycles. The molecule has 2 nitrogen and oxygen atoms in total. The summed E-state index contributed by atoms with van der Waals surface area (Å²) < 4.78 is 0. The second kappa shape index (κ2) is 5.55. The molecule has 0 spiro atoms. The van der Waals surface area contributed by atoms with Crippen molar-refractivity contribution in [3.8, 4) is 0 Å². The number of hydrogen-bond acceptors (Lipinski definition) is 3. The van der Waals surface area contributed by atoms with E-state index in [1.54, 1.807) is 0 Å². The lowest BCUT2D eigenvalue weighted by molar-refractivity contribution is 0.158. The first-order chi connectivity index (χ1) is 6.92. The molecule has 0 radical (unpaired) electrons. The standard InChI is InChI=1S/C12H26N2S/c1-10-9-14(5-6-15-10)11(8-13)7-12(2,3)4/h10-11H,5-9,13H2,1-4H3. The number of hydrogen-bond donors (Lipinski definition) is 1. The Kier molecular flexibility index (Phi) is 4.94. The van der Waals surface area contributed by atoms with Gasteiger partial charge in [0.2, 0.25) is 0 Å².